The Morgan fingerprint density at radius 3 is 2.63 bits per heavy atom. The number of nitrogens with zero attached hydrogens (tertiary/aromatic N) is 3. The molecule has 0 aliphatic heterocycles. The molecule has 0 fully saturated rings. The van der Waals surface area contributed by atoms with Gasteiger partial charge in [0.2, 0.25) is 0 Å². The summed E-state index contributed by atoms with van der Waals surface area (Å²) in [5, 5.41) is 16.2. The van der Waals surface area contributed by atoms with E-state index >= 15 is 0 Å². The molecular formula is C28H27Cl2N3O2. The van der Waals surface area contributed by atoms with Crippen LogP contribution in [0.2, 0.25) is 10.0 Å². The topological polar surface area (TPSA) is 68.0 Å². The van der Waals surface area contributed by atoms with E-state index in [4.69, 9.17) is 28.2 Å². The minimum absolute atomic E-state index is 0.123. The van der Waals surface area contributed by atoms with Crippen LogP contribution >= 0.6 is 23.2 Å². The van der Waals surface area contributed by atoms with E-state index in [0.717, 1.165) is 54.3 Å². The number of carboxylic acid groups (broad SMARTS) is 1. The fourth-order valence-electron chi connectivity index (χ4n) is 5.10. The van der Waals surface area contributed by atoms with Gasteiger partial charge in [0.05, 0.1) is 24.2 Å². The molecule has 7 heteroatoms. The molecule has 5 rings (SSSR count). The third-order valence-corrected chi connectivity index (χ3v) is 7.22. The van der Waals surface area contributed by atoms with Crippen molar-refractivity contribution in [3.63, 3.8) is 0 Å². The molecule has 4 aromatic rings. The van der Waals surface area contributed by atoms with Crippen LogP contribution in [0.4, 0.5) is 0 Å². The Morgan fingerprint density at radius 1 is 1.03 bits per heavy atom. The summed E-state index contributed by atoms with van der Waals surface area (Å²) in [5.74, 6) is -0.913. The summed E-state index contributed by atoms with van der Waals surface area (Å²) in [6.07, 6.45) is 9.27. The fraction of sp³-hybridized carbons (Fsp3) is 0.321. The number of rotatable bonds is 8. The summed E-state index contributed by atoms with van der Waals surface area (Å²) in [6.45, 7) is 0. The van der Waals surface area contributed by atoms with Gasteiger partial charge in [-0.1, -0.05) is 41.4 Å². The SMILES string of the molecule is O=C(O)CC(c1cc(Cl)cc(Cl)c1)n1ncc2c(CCCc3ccc4c(n3)CCCC4)cccc21. The Labute approximate surface area is 214 Å². The average Bonchev–Trinajstić information content (AvgIpc) is 3.26. The van der Waals surface area contributed by atoms with Crippen molar-refractivity contribution < 1.29 is 9.90 Å². The second kappa shape index (κ2) is 10.4. The average molecular weight is 508 g/mol. The van der Waals surface area contributed by atoms with Crippen LogP contribution in [-0.2, 0) is 30.5 Å². The van der Waals surface area contributed by atoms with Gasteiger partial charge in [0, 0.05) is 26.8 Å². The zero-order chi connectivity index (χ0) is 24.4. The lowest BCUT2D eigenvalue weighted by molar-refractivity contribution is -0.137. The van der Waals surface area contributed by atoms with E-state index in [0.29, 0.717) is 10.0 Å². The molecule has 1 aliphatic carbocycles. The van der Waals surface area contributed by atoms with Crippen molar-refractivity contribution in [2.45, 2.75) is 57.4 Å². The van der Waals surface area contributed by atoms with Gasteiger partial charge in [-0.05, 0) is 92.0 Å². The van der Waals surface area contributed by atoms with Gasteiger partial charge in [-0.25, -0.2) is 0 Å². The first-order valence-electron chi connectivity index (χ1n) is 12.1. The second-order valence-corrected chi connectivity index (χ2v) is 10.1. The van der Waals surface area contributed by atoms with Crippen LogP contribution in [0, 0.1) is 0 Å². The zero-order valence-electron chi connectivity index (χ0n) is 19.4. The number of aromatic nitrogens is 3. The first kappa shape index (κ1) is 23.8. The number of fused-ring (bicyclic) bond motifs is 2. The van der Waals surface area contributed by atoms with Gasteiger partial charge >= 0.3 is 5.97 Å². The molecule has 0 bridgehead atoms. The third-order valence-electron chi connectivity index (χ3n) is 6.78. The number of aliphatic carboxylic acids is 1. The molecule has 1 N–H and O–H groups in total. The van der Waals surface area contributed by atoms with Crippen molar-refractivity contribution in [2.24, 2.45) is 0 Å². The van der Waals surface area contributed by atoms with E-state index in [2.05, 4.69) is 23.3 Å². The quantitative estimate of drug-likeness (QED) is 0.283. The Morgan fingerprint density at radius 2 is 1.83 bits per heavy atom. The first-order chi connectivity index (χ1) is 17.0. The van der Waals surface area contributed by atoms with E-state index in [1.54, 1.807) is 22.9 Å². The highest BCUT2D eigenvalue weighted by atomic mass is 35.5. The van der Waals surface area contributed by atoms with Crippen LogP contribution in [0.1, 0.15) is 59.8 Å². The highest BCUT2D eigenvalue weighted by Gasteiger charge is 2.22. The molecule has 1 atom stereocenters. The van der Waals surface area contributed by atoms with Gasteiger partial charge in [0.1, 0.15) is 0 Å². The Bertz CT molecular complexity index is 1360. The predicted octanol–water partition coefficient (Wildman–Crippen LogP) is 6.86. The van der Waals surface area contributed by atoms with Gasteiger partial charge in [0.25, 0.3) is 0 Å². The predicted molar refractivity (Wildman–Crippen MR) is 139 cm³/mol. The van der Waals surface area contributed by atoms with Crippen LogP contribution in [0.5, 0.6) is 0 Å². The summed E-state index contributed by atoms with van der Waals surface area (Å²) in [5.41, 5.74) is 6.67. The van der Waals surface area contributed by atoms with E-state index < -0.39 is 12.0 Å². The van der Waals surface area contributed by atoms with Crippen molar-refractivity contribution in [1.82, 2.24) is 14.8 Å². The number of hydrogen-bond acceptors (Lipinski definition) is 3. The molecule has 5 nitrogen and oxygen atoms in total. The molecule has 1 aliphatic rings. The molecule has 2 aromatic heterocycles. The maximum Gasteiger partial charge on any atom is 0.305 e. The number of benzene rings is 2. The van der Waals surface area contributed by atoms with Crippen molar-refractivity contribution in [1.29, 1.82) is 0 Å². The lowest BCUT2D eigenvalue weighted by Gasteiger charge is -2.18. The molecule has 180 valence electrons. The Balaban J connectivity index is 1.38. The largest absolute Gasteiger partial charge is 0.481 e. The Hall–Kier alpha value is -2.89. The molecular weight excluding hydrogens is 481 g/mol. The first-order valence-corrected chi connectivity index (χ1v) is 12.8. The second-order valence-electron chi connectivity index (χ2n) is 9.22. The summed E-state index contributed by atoms with van der Waals surface area (Å²) in [4.78, 5) is 16.6. The lowest BCUT2D eigenvalue weighted by Crippen LogP contribution is -2.16. The van der Waals surface area contributed by atoms with Crippen molar-refractivity contribution >= 4 is 40.1 Å². The maximum absolute atomic E-state index is 11.7. The lowest BCUT2D eigenvalue weighted by atomic mass is 9.95. The molecule has 0 radical (unpaired) electrons. The number of halogens is 2. The van der Waals surface area contributed by atoms with Gasteiger partial charge in [-0.2, -0.15) is 5.10 Å². The van der Waals surface area contributed by atoms with Crippen molar-refractivity contribution in [2.75, 3.05) is 0 Å². The molecule has 0 amide bonds. The minimum Gasteiger partial charge on any atom is -0.481 e. The van der Waals surface area contributed by atoms with Crippen LogP contribution < -0.4 is 0 Å². The van der Waals surface area contributed by atoms with Crippen LogP contribution in [0.3, 0.4) is 0 Å². The van der Waals surface area contributed by atoms with E-state index in [1.807, 2.05) is 18.3 Å². The Kier molecular flexibility index (Phi) is 7.07. The van der Waals surface area contributed by atoms with Gasteiger partial charge in [-0.3, -0.25) is 14.5 Å². The van der Waals surface area contributed by atoms with Gasteiger partial charge in [0.15, 0.2) is 0 Å². The van der Waals surface area contributed by atoms with Crippen LogP contribution in [0.15, 0.2) is 54.7 Å². The normalized spacial score (nSPS) is 14.1. The van der Waals surface area contributed by atoms with Gasteiger partial charge in [-0.15, -0.1) is 0 Å². The van der Waals surface area contributed by atoms with Crippen molar-refractivity contribution in [3.8, 4) is 0 Å². The summed E-state index contributed by atoms with van der Waals surface area (Å²) >= 11 is 12.4. The number of aryl methyl sites for hydroxylation is 4. The maximum atomic E-state index is 11.7. The summed E-state index contributed by atoms with van der Waals surface area (Å²) in [6, 6.07) is 15.2. The number of carbonyl (C=O) groups is 1. The van der Waals surface area contributed by atoms with Crippen LogP contribution in [0.25, 0.3) is 10.9 Å². The van der Waals surface area contributed by atoms with Crippen LogP contribution in [-0.4, -0.2) is 25.8 Å². The number of pyridine rings is 1. The zero-order valence-corrected chi connectivity index (χ0v) is 20.9. The summed E-state index contributed by atoms with van der Waals surface area (Å²) < 4.78 is 1.78. The van der Waals surface area contributed by atoms with E-state index in [1.165, 1.54) is 29.7 Å². The molecule has 0 spiro atoms. The van der Waals surface area contributed by atoms with Gasteiger partial charge < -0.3 is 5.11 Å². The van der Waals surface area contributed by atoms with E-state index in [-0.39, 0.29) is 6.42 Å². The molecule has 1 unspecified atom stereocenters. The molecule has 2 heterocycles. The van der Waals surface area contributed by atoms with E-state index in [9.17, 15) is 9.90 Å². The standard InChI is InChI=1S/C28H27Cl2N3O2/c29-21-13-20(14-22(30)15-21)27(16-28(34)35)33-26-10-4-7-18(24(26)17-31-33)6-3-8-23-12-11-19-5-1-2-9-25(19)32-23/h4,7,10-15,17,27H,1-3,5-6,8-9,16H2,(H,34,35). The monoisotopic (exact) mass is 507 g/mol. The smallest absolute Gasteiger partial charge is 0.305 e. The highest BCUT2D eigenvalue weighted by molar-refractivity contribution is 6.34. The molecule has 0 saturated heterocycles. The van der Waals surface area contributed by atoms with Crippen molar-refractivity contribution in [3.05, 3.63) is 92.9 Å². The molecule has 35 heavy (non-hydrogen) atoms. The molecule has 2 aromatic carbocycles. The fourth-order valence-corrected chi connectivity index (χ4v) is 5.64. The minimum atomic E-state index is -0.913. The number of carboxylic acids is 1. The number of hydrogen-bond donors (Lipinski definition) is 1. The summed E-state index contributed by atoms with van der Waals surface area (Å²) in [7, 11) is 0. The highest BCUT2D eigenvalue weighted by Crippen LogP contribution is 2.31. The molecule has 0 saturated carbocycles. The third kappa shape index (κ3) is 5.36.